The van der Waals surface area contributed by atoms with E-state index in [2.05, 4.69) is 10.6 Å². The number of carbonyl (C=O) groups excluding carboxylic acids is 1. The maximum absolute atomic E-state index is 11.8. The number of sulfonamides is 1. The molecule has 5 nitrogen and oxygen atoms in total. The highest BCUT2D eigenvalue weighted by atomic mass is 32.2. The molecule has 1 atom stereocenters. The van der Waals surface area contributed by atoms with Gasteiger partial charge in [-0.3, -0.25) is 4.79 Å². The molecule has 0 aliphatic rings. The molecule has 0 amide bonds. The number of carbonyl (C=O) groups is 1. The fourth-order valence-electron chi connectivity index (χ4n) is 1.25. The molecule has 0 saturated carbocycles. The van der Waals surface area contributed by atoms with E-state index in [4.69, 9.17) is 10.8 Å². The van der Waals surface area contributed by atoms with Gasteiger partial charge in [-0.2, -0.15) is 4.72 Å². The maximum atomic E-state index is 11.8. The third-order valence-electron chi connectivity index (χ3n) is 2.06. The molecule has 92 valence electrons. The second kappa shape index (κ2) is 5.66. The highest BCUT2D eigenvalue weighted by Gasteiger charge is 2.21. The van der Waals surface area contributed by atoms with E-state index in [1.807, 2.05) is 6.92 Å². The minimum atomic E-state index is -3.80. The van der Waals surface area contributed by atoms with Gasteiger partial charge in [0.2, 0.25) is 5.09 Å². The molecular formula is C11H13NO4S. The van der Waals surface area contributed by atoms with E-state index in [-0.39, 0.29) is 10.9 Å². The number of aldehydes is 1. The second-order valence-electron chi connectivity index (χ2n) is 3.40. The van der Waals surface area contributed by atoms with Gasteiger partial charge in [0.15, 0.2) is 12.0 Å². The lowest BCUT2D eigenvalue weighted by Crippen LogP contribution is -2.33. The molecule has 6 heteroatoms. The van der Waals surface area contributed by atoms with Crippen molar-refractivity contribution < 1.29 is 17.6 Å². The molecule has 0 fully saturated rings. The molecule has 1 heterocycles. The Morgan fingerprint density at radius 2 is 2.29 bits per heavy atom. The number of furan rings is 1. The normalized spacial score (nSPS) is 12.9. The standard InChI is InChI=1S/C11H13NO4S/c1-3-5-9(4-2)12-17(14,15)11-7-6-10(8-13)16-11/h2,6-9,12H,3,5H2,1H3. The summed E-state index contributed by atoms with van der Waals surface area (Å²) in [5, 5.41) is -0.309. The Labute approximate surface area is 100 Å². The Balaban J connectivity index is 2.88. The summed E-state index contributed by atoms with van der Waals surface area (Å²) in [4.78, 5) is 10.4. The van der Waals surface area contributed by atoms with Gasteiger partial charge in [-0.1, -0.05) is 19.3 Å². The number of hydrogen-bond donors (Lipinski definition) is 1. The summed E-state index contributed by atoms with van der Waals surface area (Å²) in [6.07, 6.45) is 6.94. The van der Waals surface area contributed by atoms with Crippen LogP contribution in [0.25, 0.3) is 0 Å². The molecular weight excluding hydrogens is 242 g/mol. The summed E-state index contributed by atoms with van der Waals surface area (Å²) in [5.41, 5.74) is 0. The van der Waals surface area contributed by atoms with Crippen LogP contribution in [0.3, 0.4) is 0 Å². The van der Waals surface area contributed by atoms with Crippen LogP contribution in [-0.2, 0) is 10.0 Å². The summed E-state index contributed by atoms with van der Waals surface area (Å²) in [6, 6.07) is 1.92. The van der Waals surface area contributed by atoms with Crippen molar-refractivity contribution in [2.24, 2.45) is 0 Å². The van der Waals surface area contributed by atoms with Crippen LogP contribution < -0.4 is 4.72 Å². The van der Waals surface area contributed by atoms with E-state index >= 15 is 0 Å². The van der Waals surface area contributed by atoms with Crippen molar-refractivity contribution in [3.63, 3.8) is 0 Å². The van der Waals surface area contributed by atoms with Gasteiger partial charge in [-0.05, 0) is 18.6 Å². The van der Waals surface area contributed by atoms with Crippen LogP contribution in [0.4, 0.5) is 0 Å². The first-order valence-corrected chi connectivity index (χ1v) is 6.55. The lowest BCUT2D eigenvalue weighted by atomic mass is 10.2. The Hall–Kier alpha value is -1.58. The zero-order chi connectivity index (χ0) is 12.9. The largest absolute Gasteiger partial charge is 0.440 e. The molecule has 17 heavy (non-hydrogen) atoms. The van der Waals surface area contributed by atoms with Gasteiger partial charge >= 0.3 is 0 Å². The number of terminal acetylenes is 1. The molecule has 0 bridgehead atoms. The van der Waals surface area contributed by atoms with E-state index < -0.39 is 16.1 Å². The van der Waals surface area contributed by atoms with Crippen molar-refractivity contribution in [2.75, 3.05) is 0 Å². The average Bonchev–Trinajstić information content (AvgIpc) is 2.77. The maximum Gasteiger partial charge on any atom is 0.275 e. The zero-order valence-corrected chi connectivity index (χ0v) is 10.2. The third kappa shape index (κ3) is 3.44. The Bertz CT molecular complexity index is 524. The lowest BCUT2D eigenvalue weighted by Gasteiger charge is -2.10. The van der Waals surface area contributed by atoms with Gasteiger partial charge in [-0.25, -0.2) is 8.42 Å². The fraction of sp³-hybridized carbons (Fsp3) is 0.364. The highest BCUT2D eigenvalue weighted by Crippen LogP contribution is 2.13. The molecule has 1 unspecified atom stereocenters. The summed E-state index contributed by atoms with van der Waals surface area (Å²) in [6.45, 7) is 1.90. The highest BCUT2D eigenvalue weighted by molar-refractivity contribution is 7.89. The number of nitrogens with one attached hydrogen (secondary N) is 1. The third-order valence-corrected chi connectivity index (χ3v) is 3.40. The van der Waals surface area contributed by atoms with E-state index in [0.717, 1.165) is 6.42 Å². The summed E-state index contributed by atoms with van der Waals surface area (Å²) in [7, 11) is -3.80. The van der Waals surface area contributed by atoms with Crippen LogP contribution in [0.15, 0.2) is 21.6 Å². The van der Waals surface area contributed by atoms with E-state index in [0.29, 0.717) is 12.7 Å². The smallest absolute Gasteiger partial charge is 0.275 e. The van der Waals surface area contributed by atoms with Crippen LogP contribution in [0.1, 0.15) is 30.3 Å². The van der Waals surface area contributed by atoms with Crippen molar-refractivity contribution >= 4 is 16.3 Å². The molecule has 0 radical (unpaired) electrons. The monoisotopic (exact) mass is 255 g/mol. The first kappa shape index (κ1) is 13.5. The van der Waals surface area contributed by atoms with Gasteiger partial charge in [0.05, 0.1) is 6.04 Å². The van der Waals surface area contributed by atoms with Gasteiger partial charge in [0.1, 0.15) is 0 Å². The molecule has 0 saturated heterocycles. The van der Waals surface area contributed by atoms with Crippen molar-refractivity contribution in [2.45, 2.75) is 30.9 Å². The van der Waals surface area contributed by atoms with Crippen molar-refractivity contribution in [3.05, 3.63) is 17.9 Å². The van der Waals surface area contributed by atoms with Gasteiger partial charge < -0.3 is 4.42 Å². The summed E-state index contributed by atoms with van der Waals surface area (Å²) < 4.78 is 30.7. The first-order chi connectivity index (χ1) is 8.03. The van der Waals surface area contributed by atoms with Crippen molar-refractivity contribution in [3.8, 4) is 12.3 Å². The zero-order valence-electron chi connectivity index (χ0n) is 9.34. The molecule has 1 aromatic rings. The van der Waals surface area contributed by atoms with Gasteiger partial charge in [0, 0.05) is 0 Å². The van der Waals surface area contributed by atoms with Crippen LogP contribution in [0, 0.1) is 12.3 Å². The van der Waals surface area contributed by atoms with Crippen LogP contribution in [-0.4, -0.2) is 20.7 Å². The second-order valence-corrected chi connectivity index (χ2v) is 5.05. The Morgan fingerprint density at radius 3 is 2.76 bits per heavy atom. The van der Waals surface area contributed by atoms with Crippen LogP contribution in [0.5, 0.6) is 0 Å². The van der Waals surface area contributed by atoms with Crippen LogP contribution in [0.2, 0.25) is 0 Å². The quantitative estimate of drug-likeness (QED) is 0.611. The SMILES string of the molecule is C#CC(CCC)NS(=O)(=O)c1ccc(C=O)o1. The molecule has 0 aromatic carbocycles. The molecule has 1 aromatic heterocycles. The molecule has 0 spiro atoms. The predicted molar refractivity (Wildman–Crippen MR) is 61.9 cm³/mol. The van der Waals surface area contributed by atoms with E-state index in [1.165, 1.54) is 12.1 Å². The minimum Gasteiger partial charge on any atom is -0.440 e. The number of hydrogen-bond acceptors (Lipinski definition) is 4. The van der Waals surface area contributed by atoms with Crippen molar-refractivity contribution in [1.82, 2.24) is 4.72 Å². The van der Waals surface area contributed by atoms with Gasteiger partial charge in [-0.15, -0.1) is 6.42 Å². The Kier molecular flexibility index (Phi) is 4.49. The summed E-state index contributed by atoms with van der Waals surface area (Å²) in [5.74, 6) is 2.30. The van der Waals surface area contributed by atoms with Gasteiger partial charge in [0.25, 0.3) is 10.0 Å². The van der Waals surface area contributed by atoms with E-state index in [1.54, 1.807) is 0 Å². The average molecular weight is 255 g/mol. The van der Waals surface area contributed by atoms with E-state index in [9.17, 15) is 13.2 Å². The van der Waals surface area contributed by atoms with Crippen molar-refractivity contribution in [1.29, 1.82) is 0 Å². The Morgan fingerprint density at radius 1 is 1.59 bits per heavy atom. The predicted octanol–water partition coefficient (Wildman–Crippen LogP) is 1.17. The minimum absolute atomic E-state index is 0.0434. The molecule has 1 rings (SSSR count). The first-order valence-electron chi connectivity index (χ1n) is 5.07. The topological polar surface area (TPSA) is 76.4 Å². The van der Waals surface area contributed by atoms with Crippen LogP contribution >= 0.6 is 0 Å². The molecule has 0 aliphatic carbocycles. The molecule has 0 aliphatic heterocycles. The lowest BCUT2D eigenvalue weighted by molar-refractivity contribution is 0.109. The molecule has 1 N–H and O–H groups in total. The number of rotatable bonds is 6. The summed E-state index contributed by atoms with van der Waals surface area (Å²) >= 11 is 0. The fourth-order valence-corrected chi connectivity index (χ4v) is 2.38.